The maximum absolute atomic E-state index is 11.9. The molecule has 0 saturated carbocycles. The Morgan fingerprint density at radius 3 is 2.29 bits per heavy atom. The fraction of sp³-hybridized carbons (Fsp3) is 0.500. The Hall–Kier alpha value is -3.01. The molecule has 4 atom stereocenters. The number of carbonyl (C=O) groups is 4. The van der Waals surface area contributed by atoms with Crippen molar-refractivity contribution >= 4 is 23.8 Å². The van der Waals surface area contributed by atoms with Gasteiger partial charge < -0.3 is 24.3 Å². The summed E-state index contributed by atoms with van der Waals surface area (Å²) in [7, 11) is 1.50. The molecule has 1 aliphatic rings. The molecular weight excluding hydrogens is 372 g/mol. The number of pyridine rings is 1. The molecular formula is C18H23N2O8+. The predicted octanol–water partition coefficient (Wildman–Crippen LogP) is -0.342. The molecule has 0 spiro atoms. The van der Waals surface area contributed by atoms with Gasteiger partial charge in [-0.25, -0.2) is 0 Å². The Balaban J connectivity index is 2.39. The monoisotopic (exact) mass is 395 g/mol. The minimum atomic E-state index is -1.01. The molecule has 0 aliphatic carbocycles. The molecule has 28 heavy (non-hydrogen) atoms. The number of carbonyl (C=O) groups excluding carboxylic acids is 4. The summed E-state index contributed by atoms with van der Waals surface area (Å²) in [5.41, 5.74) is 0.350. The van der Waals surface area contributed by atoms with Gasteiger partial charge in [0.1, 0.15) is 18.3 Å². The number of nitrogens with one attached hydrogen (secondary N) is 1. The second-order valence-corrected chi connectivity index (χ2v) is 6.13. The van der Waals surface area contributed by atoms with Gasteiger partial charge in [-0.05, 0) is 6.07 Å². The SMILES string of the molecule is CNC(=O)c1ccc[n+]([C@@H]2O[C@@H](COC(C)=O)[C@H](OC(C)=O)[C@@H]2OC(C)=O)c1. The molecule has 0 aromatic carbocycles. The van der Waals surface area contributed by atoms with E-state index in [4.69, 9.17) is 18.9 Å². The highest BCUT2D eigenvalue weighted by atomic mass is 16.7. The number of hydrogen-bond acceptors (Lipinski definition) is 8. The summed E-state index contributed by atoms with van der Waals surface area (Å²) in [6.07, 6.45) is -0.642. The zero-order valence-corrected chi connectivity index (χ0v) is 16.0. The number of hydrogen-bond donors (Lipinski definition) is 1. The van der Waals surface area contributed by atoms with Crippen LogP contribution in [0.25, 0.3) is 0 Å². The number of amides is 1. The Morgan fingerprint density at radius 2 is 1.71 bits per heavy atom. The van der Waals surface area contributed by atoms with Crippen LogP contribution in [0.5, 0.6) is 0 Å². The molecule has 2 rings (SSSR count). The van der Waals surface area contributed by atoms with Crippen LogP contribution in [0.4, 0.5) is 0 Å². The van der Waals surface area contributed by atoms with Crippen molar-refractivity contribution in [3.63, 3.8) is 0 Å². The largest absolute Gasteiger partial charge is 0.463 e. The molecule has 1 aromatic heterocycles. The van der Waals surface area contributed by atoms with Gasteiger partial charge >= 0.3 is 24.1 Å². The molecule has 1 N–H and O–H groups in total. The van der Waals surface area contributed by atoms with E-state index in [2.05, 4.69) is 5.32 Å². The summed E-state index contributed by atoms with van der Waals surface area (Å²) < 4.78 is 23.1. The number of esters is 3. The minimum Gasteiger partial charge on any atom is -0.463 e. The lowest BCUT2D eigenvalue weighted by Crippen LogP contribution is -2.48. The van der Waals surface area contributed by atoms with Crippen molar-refractivity contribution in [2.24, 2.45) is 0 Å². The lowest BCUT2D eigenvalue weighted by Gasteiger charge is -2.21. The molecule has 10 nitrogen and oxygen atoms in total. The fourth-order valence-corrected chi connectivity index (χ4v) is 2.86. The molecule has 1 amide bonds. The molecule has 2 heterocycles. The quantitative estimate of drug-likeness (QED) is 0.394. The van der Waals surface area contributed by atoms with Gasteiger partial charge in [0.05, 0.1) is 0 Å². The molecule has 10 heteroatoms. The first-order valence-corrected chi connectivity index (χ1v) is 8.59. The predicted molar refractivity (Wildman–Crippen MR) is 91.7 cm³/mol. The summed E-state index contributed by atoms with van der Waals surface area (Å²) >= 11 is 0. The molecule has 0 radical (unpaired) electrons. The highest BCUT2D eigenvalue weighted by molar-refractivity contribution is 5.93. The van der Waals surface area contributed by atoms with Crippen molar-refractivity contribution in [3.8, 4) is 0 Å². The van der Waals surface area contributed by atoms with Crippen molar-refractivity contribution in [2.45, 2.75) is 45.3 Å². The lowest BCUT2D eigenvalue weighted by atomic mass is 10.1. The summed E-state index contributed by atoms with van der Waals surface area (Å²) in [6.45, 7) is 3.46. The Bertz CT molecular complexity index is 766. The second-order valence-electron chi connectivity index (χ2n) is 6.13. The third-order valence-electron chi connectivity index (χ3n) is 3.95. The topological polar surface area (TPSA) is 121 Å². The van der Waals surface area contributed by atoms with Crippen LogP contribution in [0, 0.1) is 0 Å². The van der Waals surface area contributed by atoms with E-state index in [-0.39, 0.29) is 12.5 Å². The highest BCUT2D eigenvalue weighted by Crippen LogP contribution is 2.31. The molecule has 152 valence electrons. The molecule has 1 fully saturated rings. The van der Waals surface area contributed by atoms with Crippen LogP contribution in [0.2, 0.25) is 0 Å². The number of rotatable bonds is 6. The van der Waals surface area contributed by atoms with Gasteiger partial charge in [0.2, 0.25) is 6.10 Å². The van der Waals surface area contributed by atoms with E-state index in [1.165, 1.54) is 38.6 Å². The number of ether oxygens (including phenoxy) is 4. The van der Waals surface area contributed by atoms with E-state index in [1.807, 2.05) is 0 Å². The molecule has 0 bridgehead atoms. The Labute approximate surface area is 161 Å². The second kappa shape index (κ2) is 9.27. The maximum Gasteiger partial charge on any atom is 0.304 e. The zero-order valence-electron chi connectivity index (χ0n) is 16.0. The standard InChI is InChI=1S/C18H22N2O8/c1-10(21)25-9-14-15(26-11(2)22)16(27-12(3)23)18(28-14)20-7-5-6-13(8-20)17(24)19-4/h5-8,14-16,18H,9H2,1-4H3/p+1/t14-,15-,16-,18+/m0/s1. The van der Waals surface area contributed by atoms with Crippen LogP contribution < -0.4 is 9.88 Å². The van der Waals surface area contributed by atoms with E-state index < -0.39 is 42.4 Å². The molecule has 1 aromatic rings. The minimum absolute atomic E-state index is 0.197. The summed E-state index contributed by atoms with van der Waals surface area (Å²) in [6, 6.07) is 3.23. The first-order chi connectivity index (χ1) is 13.2. The van der Waals surface area contributed by atoms with Crippen molar-refractivity contribution in [3.05, 3.63) is 30.1 Å². The zero-order chi connectivity index (χ0) is 20.8. The summed E-state index contributed by atoms with van der Waals surface area (Å²) in [5, 5.41) is 2.51. The van der Waals surface area contributed by atoms with E-state index in [1.54, 1.807) is 18.3 Å². The van der Waals surface area contributed by atoms with E-state index in [9.17, 15) is 19.2 Å². The maximum atomic E-state index is 11.9. The lowest BCUT2D eigenvalue weighted by molar-refractivity contribution is -0.765. The third kappa shape index (κ3) is 5.26. The smallest absolute Gasteiger partial charge is 0.304 e. The van der Waals surface area contributed by atoms with Gasteiger partial charge in [0.25, 0.3) is 5.91 Å². The number of nitrogens with zero attached hydrogens (tertiary/aromatic N) is 1. The van der Waals surface area contributed by atoms with Crippen LogP contribution in [-0.4, -0.2) is 55.8 Å². The van der Waals surface area contributed by atoms with Gasteiger partial charge in [-0.2, -0.15) is 4.57 Å². The summed E-state index contributed by atoms with van der Waals surface area (Å²) in [5.74, 6) is -2.06. The van der Waals surface area contributed by atoms with Crippen molar-refractivity contribution in [2.75, 3.05) is 13.7 Å². The van der Waals surface area contributed by atoms with Gasteiger partial charge in [-0.3, -0.25) is 19.2 Å². The van der Waals surface area contributed by atoms with Crippen LogP contribution in [-0.2, 0) is 33.3 Å². The van der Waals surface area contributed by atoms with Crippen molar-refractivity contribution in [1.82, 2.24) is 5.32 Å². The van der Waals surface area contributed by atoms with Gasteiger partial charge in [0.15, 0.2) is 18.5 Å². The molecule has 1 saturated heterocycles. The first-order valence-electron chi connectivity index (χ1n) is 8.59. The fourth-order valence-electron chi connectivity index (χ4n) is 2.86. The normalized spacial score (nSPS) is 23.6. The van der Waals surface area contributed by atoms with E-state index >= 15 is 0 Å². The first kappa shape index (κ1) is 21.3. The Kier molecular flexibility index (Phi) is 7.05. The van der Waals surface area contributed by atoms with Crippen LogP contribution >= 0.6 is 0 Å². The average Bonchev–Trinajstić information content (AvgIpc) is 2.95. The van der Waals surface area contributed by atoms with Gasteiger partial charge in [-0.15, -0.1) is 0 Å². The third-order valence-corrected chi connectivity index (χ3v) is 3.95. The van der Waals surface area contributed by atoms with E-state index in [0.29, 0.717) is 5.56 Å². The van der Waals surface area contributed by atoms with Crippen molar-refractivity contribution < 1.29 is 42.7 Å². The molecule has 1 aliphatic heterocycles. The summed E-state index contributed by atoms with van der Waals surface area (Å²) in [4.78, 5) is 46.3. The van der Waals surface area contributed by atoms with Gasteiger partial charge in [0, 0.05) is 33.9 Å². The highest BCUT2D eigenvalue weighted by Gasteiger charge is 2.54. The number of aromatic nitrogens is 1. The Morgan fingerprint density at radius 1 is 1.07 bits per heavy atom. The van der Waals surface area contributed by atoms with Gasteiger partial charge in [-0.1, -0.05) is 0 Å². The van der Waals surface area contributed by atoms with E-state index in [0.717, 1.165) is 0 Å². The molecule has 0 unspecified atom stereocenters. The van der Waals surface area contributed by atoms with Crippen molar-refractivity contribution in [1.29, 1.82) is 0 Å². The average molecular weight is 395 g/mol. The van der Waals surface area contributed by atoms with Crippen LogP contribution in [0.15, 0.2) is 24.5 Å². The van der Waals surface area contributed by atoms with Crippen LogP contribution in [0.3, 0.4) is 0 Å². The van der Waals surface area contributed by atoms with Crippen LogP contribution in [0.1, 0.15) is 37.4 Å².